The number of rotatable bonds is 3. The highest BCUT2D eigenvalue weighted by molar-refractivity contribution is 5.25. The maximum Gasteiger partial charge on any atom is 0.218 e. The van der Waals surface area contributed by atoms with E-state index in [2.05, 4.69) is 4.98 Å². The van der Waals surface area contributed by atoms with Gasteiger partial charge in [0.25, 0.3) is 0 Å². The van der Waals surface area contributed by atoms with Gasteiger partial charge >= 0.3 is 0 Å². The standard InChI is InChI=1S/C13H20N2O/c14-10-11-6-5-9-15-13(11)16-12-7-3-1-2-4-8-12/h5-6,9,12H,1-4,7-8,10,14H2. The van der Waals surface area contributed by atoms with Gasteiger partial charge in [0.05, 0.1) is 0 Å². The van der Waals surface area contributed by atoms with Gasteiger partial charge in [0.1, 0.15) is 6.10 Å². The van der Waals surface area contributed by atoms with Crippen LogP contribution < -0.4 is 10.5 Å². The summed E-state index contributed by atoms with van der Waals surface area (Å²) in [5.41, 5.74) is 6.67. The topological polar surface area (TPSA) is 48.1 Å². The van der Waals surface area contributed by atoms with Crippen LogP contribution in [0.5, 0.6) is 5.88 Å². The van der Waals surface area contributed by atoms with Gasteiger partial charge in [0.2, 0.25) is 5.88 Å². The van der Waals surface area contributed by atoms with Gasteiger partial charge in [-0.15, -0.1) is 0 Å². The average Bonchev–Trinajstić information content (AvgIpc) is 2.58. The molecule has 1 saturated carbocycles. The minimum atomic E-state index is 0.336. The van der Waals surface area contributed by atoms with E-state index in [-0.39, 0.29) is 0 Å². The Kier molecular flexibility index (Phi) is 4.17. The summed E-state index contributed by atoms with van der Waals surface area (Å²) in [7, 11) is 0. The molecule has 0 unspecified atom stereocenters. The first-order valence-electron chi connectivity index (χ1n) is 6.21. The van der Waals surface area contributed by atoms with Gasteiger partial charge < -0.3 is 10.5 Å². The summed E-state index contributed by atoms with van der Waals surface area (Å²) in [5.74, 6) is 0.733. The van der Waals surface area contributed by atoms with Crippen LogP contribution in [0.15, 0.2) is 18.3 Å². The number of aromatic nitrogens is 1. The number of hydrogen-bond donors (Lipinski definition) is 1. The first-order chi connectivity index (χ1) is 7.90. The summed E-state index contributed by atoms with van der Waals surface area (Å²) in [6.07, 6.45) is 9.64. The Morgan fingerprint density at radius 2 is 2.00 bits per heavy atom. The molecule has 1 fully saturated rings. The number of nitrogens with two attached hydrogens (primary N) is 1. The molecule has 0 amide bonds. The Morgan fingerprint density at radius 3 is 2.69 bits per heavy atom. The molecule has 1 heterocycles. The van der Waals surface area contributed by atoms with Crippen molar-refractivity contribution in [1.29, 1.82) is 0 Å². The third kappa shape index (κ3) is 2.95. The lowest BCUT2D eigenvalue weighted by Crippen LogP contribution is -2.17. The molecule has 0 aliphatic heterocycles. The van der Waals surface area contributed by atoms with Gasteiger partial charge in [0.15, 0.2) is 0 Å². The van der Waals surface area contributed by atoms with Gasteiger partial charge in [-0.25, -0.2) is 4.98 Å². The third-order valence-corrected chi connectivity index (χ3v) is 3.15. The van der Waals surface area contributed by atoms with E-state index in [1.54, 1.807) is 6.20 Å². The third-order valence-electron chi connectivity index (χ3n) is 3.15. The molecule has 3 heteroatoms. The van der Waals surface area contributed by atoms with Gasteiger partial charge in [-0.2, -0.15) is 0 Å². The fourth-order valence-electron chi connectivity index (χ4n) is 2.20. The predicted octanol–water partition coefficient (Wildman–Crippen LogP) is 2.64. The van der Waals surface area contributed by atoms with Crippen molar-refractivity contribution in [2.24, 2.45) is 5.73 Å². The van der Waals surface area contributed by atoms with Crippen LogP contribution >= 0.6 is 0 Å². The lowest BCUT2D eigenvalue weighted by molar-refractivity contribution is 0.174. The summed E-state index contributed by atoms with van der Waals surface area (Å²) in [6.45, 7) is 0.496. The molecule has 1 aromatic heterocycles. The number of hydrogen-bond acceptors (Lipinski definition) is 3. The molecule has 16 heavy (non-hydrogen) atoms. The van der Waals surface area contributed by atoms with E-state index in [1.807, 2.05) is 12.1 Å². The highest BCUT2D eigenvalue weighted by Crippen LogP contribution is 2.23. The Morgan fingerprint density at radius 1 is 1.25 bits per heavy atom. The van der Waals surface area contributed by atoms with Gasteiger partial charge in [-0.3, -0.25) is 0 Å². The Labute approximate surface area is 97.0 Å². The molecular formula is C13H20N2O. The van der Waals surface area contributed by atoms with Crippen molar-refractivity contribution < 1.29 is 4.74 Å². The first kappa shape index (κ1) is 11.4. The van der Waals surface area contributed by atoms with Crippen LogP contribution in [0.1, 0.15) is 44.1 Å². The van der Waals surface area contributed by atoms with Crippen LogP contribution in [0.25, 0.3) is 0 Å². The maximum atomic E-state index is 5.97. The fraction of sp³-hybridized carbons (Fsp3) is 0.615. The van der Waals surface area contributed by atoms with Crippen LogP contribution in [0.2, 0.25) is 0 Å². The Bertz CT molecular complexity index is 319. The van der Waals surface area contributed by atoms with Crippen molar-refractivity contribution in [3.8, 4) is 5.88 Å². The van der Waals surface area contributed by atoms with E-state index in [0.29, 0.717) is 12.6 Å². The largest absolute Gasteiger partial charge is 0.474 e. The second-order valence-corrected chi connectivity index (χ2v) is 4.40. The molecule has 2 rings (SSSR count). The molecule has 0 saturated heterocycles. The van der Waals surface area contributed by atoms with Crippen molar-refractivity contribution in [3.05, 3.63) is 23.9 Å². The second kappa shape index (κ2) is 5.85. The van der Waals surface area contributed by atoms with Crippen molar-refractivity contribution >= 4 is 0 Å². The molecule has 2 N–H and O–H groups in total. The smallest absolute Gasteiger partial charge is 0.218 e. The summed E-state index contributed by atoms with van der Waals surface area (Å²) in [6, 6.07) is 3.89. The van der Waals surface area contributed by atoms with Crippen molar-refractivity contribution in [1.82, 2.24) is 4.98 Å². The van der Waals surface area contributed by atoms with Gasteiger partial charge in [0, 0.05) is 18.3 Å². The van der Waals surface area contributed by atoms with E-state index < -0.39 is 0 Å². The van der Waals surface area contributed by atoms with Gasteiger partial charge in [-0.1, -0.05) is 18.9 Å². The number of nitrogens with zero attached hydrogens (tertiary/aromatic N) is 1. The van der Waals surface area contributed by atoms with Crippen LogP contribution in [0.4, 0.5) is 0 Å². The average molecular weight is 220 g/mol. The Hall–Kier alpha value is -1.09. The van der Waals surface area contributed by atoms with Crippen molar-refractivity contribution in [2.45, 2.75) is 51.2 Å². The maximum absolute atomic E-state index is 5.97. The van der Waals surface area contributed by atoms with Crippen LogP contribution in [-0.4, -0.2) is 11.1 Å². The summed E-state index contributed by atoms with van der Waals surface area (Å²) in [4.78, 5) is 4.27. The van der Waals surface area contributed by atoms with E-state index in [4.69, 9.17) is 10.5 Å². The minimum Gasteiger partial charge on any atom is -0.474 e. The molecule has 0 spiro atoms. The molecule has 0 aromatic carbocycles. The summed E-state index contributed by atoms with van der Waals surface area (Å²) in [5, 5.41) is 0. The zero-order chi connectivity index (χ0) is 11.2. The monoisotopic (exact) mass is 220 g/mol. The first-order valence-corrected chi connectivity index (χ1v) is 6.21. The second-order valence-electron chi connectivity index (χ2n) is 4.40. The van der Waals surface area contributed by atoms with E-state index in [9.17, 15) is 0 Å². The zero-order valence-electron chi connectivity index (χ0n) is 9.69. The quantitative estimate of drug-likeness (QED) is 0.797. The van der Waals surface area contributed by atoms with Gasteiger partial charge in [-0.05, 0) is 31.7 Å². The van der Waals surface area contributed by atoms with Crippen LogP contribution in [0.3, 0.4) is 0 Å². The lowest BCUT2D eigenvalue weighted by Gasteiger charge is -2.17. The highest BCUT2D eigenvalue weighted by atomic mass is 16.5. The molecule has 0 radical (unpaired) electrons. The molecule has 88 valence electrons. The molecule has 1 aliphatic rings. The van der Waals surface area contributed by atoms with Crippen LogP contribution in [0, 0.1) is 0 Å². The highest BCUT2D eigenvalue weighted by Gasteiger charge is 2.15. The number of ether oxygens (including phenoxy) is 1. The molecule has 1 aliphatic carbocycles. The van der Waals surface area contributed by atoms with E-state index >= 15 is 0 Å². The van der Waals surface area contributed by atoms with E-state index in [1.165, 1.54) is 25.7 Å². The lowest BCUT2D eigenvalue weighted by atomic mass is 10.1. The zero-order valence-corrected chi connectivity index (χ0v) is 9.69. The predicted molar refractivity (Wildman–Crippen MR) is 64.2 cm³/mol. The molecule has 1 aromatic rings. The van der Waals surface area contributed by atoms with Crippen molar-refractivity contribution in [2.75, 3.05) is 0 Å². The molecule has 3 nitrogen and oxygen atoms in total. The fourth-order valence-corrected chi connectivity index (χ4v) is 2.20. The van der Waals surface area contributed by atoms with Crippen molar-refractivity contribution in [3.63, 3.8) is 0 Å². The molecule has 0 atom stereocenters. The Balaban J connectivity index is 2.01. The molecular weight excluding hydrogens is 200 g/mol. The SMILES string of the molecule is NCc1cccnc1OC1CCCCCC1. The summed E-state index contributed by atoms with van der Waals surface area (Å²) >= 11 is 0. The number of pyridine rings is 1. The van der Waals surface area contributed by atoms with E-state index in [0.717, 1.165) is 24.3 Å². The van der Waals surface area contributed by atoms with Crippen LogP contribution in [-0.2, 0) is 6.54 Å². The minimum absolute atomic E-state index is 0.336. The molecule has 0 bridgehead atoms. The summed E-state index contributed by atoms with van der Waals surface area (Å²) < 4.78 is 5.97. The normalized spacial score (nSPS) is 18.1.